The van der Waals surface area contributed by atoms with Gasteiger partial charge in [0.25, 0.3) is 0 Å². The number of hydrogen-bond donors (Lipinski definition) is 0. The Labute approximate surface area is 80.8 Å². The van der Waals surface area contributed by atoms with E-state index in [1.54, 1.807) is 0 Å². The average molecular weight is 166 g/mol. The van der Waals surface area contributed by atoms with Gasteiger partial charge in [-0.2, -0.15) is 0 Å². The lowest BCUT2D eigenvalue weighted by atomic mass is 10.1. The van der Waals surface area contributed by atoms with Crippen LogP contribution in [0, 0.1) is 0 Å². The summed E-state index contributed by atoms with van der Waals surface area (Å²) in [7, 11) is 0. The molecule has 0 aliphatic rings. The van der Waals surface area contributed by atoms with E-state index in [-0.39, 0.29) is 17.4 Å². The van der Waals surface area contributed by atoms with Crippen molar-refractivity contribution in [3.05, 3.63) is 36.5 Å². The Kier molecular flexibility index (Phi) is 9.53. The first-order chi connectivity index (χ1) is 4.66. The number of rotatable bonds is 4. The maximum Gasteiger partial charge on any atom is 0.187 e. The molecule has 0 aromatic carbocycles. The first kappa shape index (κ1) is 13.3. The van der Waals surface area contributed by atoms with Crippen LogP contribution in [-0.4, -0.2) is 17.4 Å². The standard InChI is InChI=1S/C10H16.Al.3H/c1-5-10(4)8-6-7-9(2)3;;;;/h5,7H,1,4,6,8H2,2-3H3;;;;. The van der Waals surface area contributed by atoms with Crippen molar-refractivity contribution in [2.75, 3.05) is 0 Å². The van der Waals surface area contributed by atoms with E-state index in [1.165, 1.54) is 5.57 Å². The zero-order valence-corrected chi connectivity index (χ0v) is 6.98. The van der Waals surface area contributed by atoms with E-state index in [4.69, 9.17) is 0 Å². The Hall–Kier alpha value is -0.248. The zero-order chi connectivity index (χ0) is 7.98. The Morgan fingerprint density at radius 1 is 1.36 bits per heavy atom. The first-order valence-electron chi connectivity index (χ1n) is 3.60. The summed E-state index contributed by atoms with van der Waals surface area (Å²) in [4.78, 5) is 0. The maximum atomic E-state index is 3.82. The summed E-state index contributed by atoms with van der Waals surface area (Å²) in [5.74, 6) is 0. The number of hydrogen-bond acceptors (Lipinski definition) is 0. The SMILES string of the molecule is C=CC(=C)CCC=C(C)C.[AlH3]. The Morgan fingerprint density at radius 2 is 1.91 bits per heavy atom. The van der Waals surface area contributed by atoms with Crippen LogP contribution in [0.2, 0.25) is 0 Å². The second kappa shape index (κ2) is 7.86. The predicted molar refractivity (Wildman–Crippen MR) is 57.9 cm³/mol. The lowest BCUT2D eigenvalue weighted by Gasteiger charge is -1.94. The third kappa shape index (κ3) is 9.75. The normalized spacial score (nSPS) is 7.82. The Bertz CT molecular complexity index is 150. The largest absolute Gasteiger partial charge is 0.187 e. The topological polar surface area (TPSA) is 0 Å². The van der Waals surface area contributed by atoms with Gasteiger partial charge >= 0.3 is 0 Å². The van der Waals surface area contributed by atoms with E-state index in [0.717, 1.165) is 18.4 Å². The molecular formula is C10H19Al. The number of allylic oxidation sites excluding steroid dienone is 4. The van der Waals surface area contributed by atoms with Gasteiger partial charge in [0, 0.05) is 0 Å². The zero-order valence-electron chi connectivity index (χ0n) is 6.98. The smallest absolute Gasteiger partial charge is 0.0988 e. The molecule has 0 heterocycles. The highest BCUT2D eigenvalue weighted by atomic mass is 27.0. The van der Waals surface area contributed by atoms with E-state index in [2.05, 4.69) is 33.1 Å². The van der Waals surface area contributed by atoms with E-state index >= 15 is 0 Å². The van der Waals surface area contributed by atoms with Gasteiger partial charge in [0.05, 0.1) is 0 Å². The van der Waals surface area contributed by atoms with Gasteiger partial charge in [0.15, 0.2) is 17.4 Å². The van der Waals surface area contributed by atoms with E-state index in [0.29, 0.717) is 0 Å². The van der Waals surface area contributed by atoms with E-state index < -0.39 is 0 Å². The van der Waals surface area contributed by atoms with Crippen molar-refractivity contribution in [3.63, 3.8) is 0 Å². The third-order valence-corrected chi connectivity index (χ3v) is 1.31. The Morgan fingerprint density at radius 3 is 2.27 bits per heavy atom. The lowest BCUT2D eigenvalue weighted by Crippen LogP contribution is -1.74. The summed E-state index contributed by atoms with van der Waals surface area (Å²) in [6.07, 6.45) is 6.16. The van der Waals surface area contributed by atoms with Crippen LogP contribution in [0.15, 0.2) is 36.5 Å². The molecule has 0 rings (SSSR count). The van der Waals surface area contributed by atoms with E-state index in [1.807, 2.05) is 6.08 Å². The van der Waals surface area contributed by atoms with Crippen LogP contribution in [-0.2, 0) is 0 Å². The van der Waals surface area contributed by atoms with Gasteiger partial charge in [-0.15, -0.1) is 0 Å². The van der Waals surface area contributed by atoms with Crippen molar-refractivity contribution < 1.29 is 0 Å². The fourth-order valence-electron chi connectivity index (χ4n) is 0.648. The fraction of sp³-hybridized carbons (Fsp3) is 0.400. The molecule has 0 amide bonds. The molecule has 0 atom stereocenters. The molecule has 11 heavy (non-hydrogen) atoms. The van der Waals surface area contributed by atoms with Crippen molar-refractivity contribution in [1.29, 1.82) is 0 Å². The van der Waals surface area contributed by atoms with Gasteiger partial charge in [0.1, 0.15) is 0 Å². The molecule has 0 N–H and O–H groups in total. The van der Waals surface area contributed by atoms with Crippen LogP contribution in [0.5, 0.6) is 0 Å². The molecule has 0 saturated heterocycles. The van der Waals surface area contributed by atoms with Gasteiger partial charge < -0.3 is 0 Å². The minimum Gasteiger partial charge on any atom is -0.0988 e. The molecule has 0 radical (unpaired) electrons. The maximum absolute atomic E-state index is 3.82. The Balaban J connectivity index is 0. The molecule has 0 aromatic rings. The molecule has 0 aromatic heterocycles. The van der Waals surface area contributed by atoms with Gasteiger partial charge in [-0.25, -0.2) is 0 Å². The molecule has 0 nitrogen and oxygen atoms in total. The van der Waals surface area contributed by atoms with Gasteiger partial charge in [-0.05, 0) is 26.7 Å². The molecule has 0 fully saturated rings. The summed E-state index contributed by atoms with van der Waals surface area (Å²) in [6.45, 7) is 11.7. The second-order valence-electron chi connectivity index (χ2n) is 2.68. The first-order valence-corrected chi connectivity index (χ1v) is 3.60. The summed E-state index contributed by atoms with van der Waals surface area (Å²) in [5.41, 5.74) is 2.49. The molecule has 0 aliphatic carbocycles. The van der Waals surface area contributed by atoms with Crippen molar-refractivity contribution in [2.24, 2.45) is 0 Å². The monoisotopic (exact) mass is 166 g/mol. The van der Waals surface area contributed by atoms with Gasteiger partial charge in [-0.1, -0.05) is 36.5 Å². The third-order valence-electron chi connectivity index (χ3n) is 1.31. The summed E-state index contributed by atoms with van der Waals surface area (Å²) in [6, 6.07) is 0. The second-order valence-corrected chi connectivity index (χ2v) is 2.68. The summed E-state index contributed by atoms with van der Waals surface area (Å²) in [5, 5.41) is 0. The molecule has 0 unspecified atom stereocenters. The highest BCUT2D eigenvalue weighted by Gasteiger charge is 1.84. The summed E-state index contributed by atoms with van der Waals surface area (Å²) < 4.78 is 0. The fourth-order valence-corrected chi connectivity index (χ4v) is 0.648. The molecule has 0 saturated carbocycles. The molecule has 0 bridgehead atoms. The highest BCUT2D eigenvalue weighted by Crippen LogP contribution is 2.04. The molecular weight excluding hydrogens is 147 g/mol. The molecule has 62 valence electrons. The molecule has 1 heteroatoms. The highest BCUT2D eigenvalue weighted by molar-refractivity contribution is 5.75. The van der Waals surface area contributed by atoms with Crippen molar-refractivity contribution in [1.82, 2.24) is 0 Å². The van der Waals surface area contributed by atoms with Crippen LogP contribution in [0.1, 0.15) is 26.7 Å². The van der Waals surface area contributed by atoms with E-state index in [9.17, 15) is 0 Å². The van der Waals surface area contributed by atoms with Crippen molar-refractivity contribution >= 4 is 17.4 Å². The predicted octanol–water partition coefficient (Wildman–Crippen LogP) is 2.29. The summed E-state index contributed by atoms with van der Waals surface area (Å²) >= 11 is 0. The molecule has 0 spiro atoms. The quantitative estimate of drug-likeness (QED) is 0.341. The minimum atomic E-state index is 0. The van der Waals surface area contributed by atoms with Gasteiger partial charge in [-0.3, -0.25) is 0 Å². The van der Waals surface area contributed by atoms with Crippen LogP contribution in [0.25, 0.3) is 0 Å². The van der Waals surface area contributed by atoms with Crippen LogP contribution >= 0.6 is 0 Å². The molecule has 0 aliphatic heterocycles. The average Bonchev–Trinajstić information content (AvgIpc) is 1.87. The van der Waals surface area contributed by atoms with Gasteiger partial charge in [0.2, 0.25) is 0 Å². The van der Waals surface area contributed by atoms with Crippen molar-refractivity contribution in [3.8, 4) is 0 Å². The lowest BCUT2D eigenvalue weighted by molar-refractivity contribution is 0.999. The van der Waals surface area contributed by atoms with Crippen LogP contribution < -0.4 is 0 Å². The van der Waals surface area contributed by atoms with Crippen molar-refractivity contribution in [2.45, 2.75) is 26.7 Å². The van der Waals surface area contributed by atoms with Crippen LogP contribution in [0.4, 0.5) is 0 Å². The minimum absolute atomic E-state index is 0. The van der Waals surface area contributed by atoms with Crippen LogP contribution in [0.3, 0.4) is 0 Å².